The van der Waals surface area contributed by atoms with Gasteiger partial charge in [-0.25, -0.2) is 0 Å². The Morgan fingerprint density at radius 2 is 1.73 bits per heavy atom. The highest BCUT2D eigenvalue weighted by atomic mass is 19.4. The highest BCUT2D eigenvalue weighted by Gasteiger charge is 2.39. The quantitative estimate of drug-likeness (QED) is 0.362. The maximum Gasteiger partial charge on any atom is 0.416 e. The molecule has 1 aromatic heterocycles. The van der Waals surface area contributed by atoms with Gasteiger partial charge in [-0.05, 0) is 60.4 Å². The Hall–Kier alpha value is -3.86. The number of rotatable bonds is 6. The Labute approximate surface area is 227 Å². The van der Waals surface area contributed by atoms with E-state index in [2.05, 4.69) is 4.98 Å². The Morgan fingerprint density at radius 1 is 1.02 bits per heavy atom. The van der Waals surface area contributed by atoms with Crippen molar-refractivity contribution in [1.29, 1.82) is 0 Å². The molecule has 2 aromatic carbocycles. The average Bonchev–Trinajstić information content (AvgIpc) is 2.90. The van der Waals surface area contributed by atoms with Crippen LogP contribution in [0, 0.1) is 6.92 Å². The number of amides is 1. The number of hydrogen-bond acceptors (Lipinski definition) is 4. The van der Waals surface area contributed by atoms with Crippen LogP contribution in [0.1, 0.15) is 38.2 Å². The number of phenols is 1. The third-order valence-corrected chi connectivity index (χ3v) is 6.77. The van der Waals surface area contributed by atoms with Crippen molar-refractivity contribution in [3.8, 4) is 5.75 Å². The third kappa shape index (κ3) is 7.20. The molecule has 1 N–H and O–H groups in total. The van der Waals surface area contributed by atoms with Gasteiger partial charge in [-0.2, -0.15) is 26.3 Å². The van der Waals surface area contributed by atoms with E-state index >= 15 is 0 Å². The number of carbonyl (C=O) groups is 1. The molecular weight excluding hydrogens is 536 g/mol. The van der Waals surface area contributed by atoms with E-state index in [-0.39, 0.29) is 24.8 Å². The second kappa shape index (κ2) is 11.7. The monoisotopic (exact) mass is 563 g/mol. The standard InChI is InChI=1S/C29H27F6N3O2/c1-19-6-7-21(13-26(19)39)12-25-18-37(9-3-5-20-4-2-8-36-17-20)10-11-38(25)27(40)22-14-23(28(30,31)32)16-24(15-22)29(33,34)35/h2-8,13-17,25,39H,9-12,18H2,1H3/b5-3-/t25-/m1/s1. The number of benzene rings is 2. The lowest BCUT2D eigenvalue weighted by molar-refractivity contribution is -0.143. The highest BCUT2D eigenvalue weighted by Crippen LogP contribution is 2.37. The SMILES string of the molecule is Cc1ccc(C[C@@H]2CN(C/C=C\c3cccnc3)CCN2C(=O)c2cc(C(F)(F)F)cc(C(F)(F)F)c2)cc1O. The van der Waals surface area contributed by atoms with Gasteiger partial charge in [-0.15, -0.1) is 0 Å². The number of pyridine rings is 1. The molecule has 1 amide bonds. The van der Waals surface area contributed by atoms with Crippen molar-refractivity contribution in [2.75, 3.05) is 26.2 Å². The van der Waals surface area contributed by atoms with Crippen LogP contribution in [-0.2, 0) is 18.8 Å². The average molecular weight is 564 g/mol. The zero-order valence-electron chi connectivity index (χ0n) is 21.5. The smallest absolute Gasteiger partial charge is 0.416 e. The Balaban J connectivity index is 1.62. The molecule has 40 heavy (non-hydrogen) atoms. The van der Waals surface area contributed by atoms with Crippen molar-refractivity contribution in [3.63, 3.8) is 0 Å². The summed E-state index contributed by atoms with van der Waals surface area (Å²) in [7, 11) is 0. The molecule has 0 saturated carbocycles. The maximum absolute atomic E-state index is 13.5. The summed E-state index contributed by atoms with van der Waals surface area (Å²) >= 11 is 0. The van der Waals surface area contributed by atoms with Crippen LogP contribution in [-0.4, -0.2) is 58.0 Å². The summed E-state index contributed by atoms with van der Waals surface area (Å²) in [4.78, 5) is 20.9. The minimum Gasteiger partial charge on any atom is -0.508 e. The summed E-state index contributed by atoms with van der Waals surface area (Å²) in [6.45, 7) is 3.01. The number of alkyl halides is 6. The fourth-order valence-corrected chi connectivity index (χ4v) is 4.64. The summed E-state index contributed by atoms with van der Waals surface area (Å²) in [5, 5.41) is 10.2. The zero-order chi connectivity index (χ0) is 29.1. The van der Waals surface area contributed by atoms with Crippen molar-refractivity contribution >= 4 is 12.0 Å². The number of piperazine rings is 1. The number of aryl methyl sites for hydroxylation is 1. The lowest BCUT2D eigenvalue weighted by Crippen LogP contribution is -2.56. The molecule has 1 fully saturated rings. The molecule has 0 bridgehead atoms. The Morgan fingerprint density at radius 3 is 2.33 bits per heavy atom. The molecule has 0 spiro atoms. The van der Waals surface area contributed by atoms with Crippen LogP contribution in [0.5, 0.6) is 5.75 Å². The number of hydrogen-bond donors (Lipinski definition) is 1. The minimum absolute atomic E-state index is 0.00979. The number of aromatic hydroxyl groups is 1. The van der Waals surface area contributed by atoms with Gasteiger partial charge in [-0.3, -0.25) is 14.7 Å². The van der Waals surface area contributed by atoms with Crippen molar-refractivity contribution in [1.82, 2.24) is 14.8 Å². The van der Waals surface area contributed by atoms with Gasteiger partial charge in [0.1, 0.15) is 5.75 Å². The van der Waals surface area contributed by atoms with Crippen molar-refractivity contribution < 1.29 is 36.2 Å². The largest absolute Gasteiger partial charge is 0.508 e. The lowest BCUT2D eigenvalue weighted by Gasteiger charge is -2.41. The van der Waals surface area contributed by atoms with Crippen LogP contribution in [0.4, 0.5) is 26.3 Å². The van der Waals surface area contributed by atoms with Gasteiger partial charge in [0.2, 0.25) is 0 Å². The van der Waals surface area contributed by atoms with Gasteiger partial charge in [0.15, 0.2) is 0 Å². The van der Waals surface area contributed by atoms with Gasteiger partial charge in [0, 0.05) is 50.2 Å². The van der Waals surface area contributed by atoms with Crippen LogP contribution >= 0.6 is 0 Å². The lowest BCUT2D eigenvalue weighted by atomic mass is 9.98. The van der Waals surface area contributed by atoms with Crippen molar-refractivity contribution in [2.24, 2.45) is 0 Å². The molecule has 1 saturated heterocycles. The molecule has 1 atom stereocenters. The Kier molecular flexibility index (Phi) is 8.53. The minimum atomic E-state index is -5.06. The molecule has 0 unspecified atom stereocenters. The molecule has 2 heterocycles. The zero-order valence-corrected chi connectivity index (χ0v) is 21.5. The molecule has 1 aliphatic rings. The van der Waals surface area contributed by atoms with Crippen LogP contribution in [0.25, 0.3) is 6.08 Å². The second-order valence-electron chi connectivity index (χ2n) is 9.72. The summed E-state index contributed by atoms with van der Waals surface area (Å²) in [6, 6.07) is 9.08. The fourth-order valence-electron chi connectivity index (χ4n) is 4.64. The summed E-state index contributed by atoms with van der Waals surface area (Å²) in [5.74, 6) is -0.862. The first-order chi connectivity index (χ1) is 18.8. The molecular formula is C29H27F6N3O2. The van der Waals surface area contributed by atoms with E-state index in [1.165, 1.54) is 4.90 Å². The predicted molar refractivity (Wildman–Crippen MR) is 138 cm³/mol. The Bertz CT molecular complexity index is 1340. The van der Waals surface area contributed by atoms with E-state index in [0.717, 1.165) is 5.56 Å². The molecule has 212 valence electrons. The highest BCUT2D eigenvalue weighted by molar-refractivity contribution is 5.95. The molecule has 4 rings (SSSR count). The summed E-state index contributed by atoms with van der Waals surface area (Å²) < 4.78 is 80.6. The summed E-state index contributed by atoms with van der Waals surface area (Å²) in [5.41, 5.74) is -1.53. The summed E-state index contributed by atoms with van der Waals surface area (Å²) in [6.07, 6.45) is -2.71. The van der Waals surface area contributed by atoms with Gasteiger partial charge < -0.3 is 10.0 Å². The van der Waals surface area contributed by atoms with Crippen LogP contribution in [0.15, 0.2) is 67.0 Å². The first-order valence-electron chi connectivity index (χ1n) is 12.5. The van der Waals surface area contributed by atoms with Crippen LogP contribution in [0.3, 0.4) is 0 Å². The van der Waals surface area contributed by atoms with Crippen molar-refractivity contribution in [3.05, 3.63) is 100 Å². The van der Waals surface area contributed by atoms with Gasteiger partial charge in [-0.1, -0.05) is 30.4 Å². The van der Waals surface area contributed by atoms with Crippen molar-refractivity contribution in [2.45, 2.75) is 31.7 Å². The van der Waals surface area contributed by atoms with Gasteiger partial charge >= 0.3 is 12.4 Å². The topological polar surface area (TPSA) is 56.7 Å². The van der Waals surface area contributed by atoms with E-state index in [9.17, 15) is 36.2 Å². The number of halogens is 6. The molecule has 5 nitrogen and oxygen atoms in total. The first-order valence-corrected chi connectivity index (χ1v) is 12.5. The van der Waals surface area contributed by atoms with Gasteiger partial charge in [0.05, 0.1) is 11.1 Å². The molecule has 3 aromatic rings. The van der Waals surface area contributed by atoms with E-state index in [0.29, 0.717) is 42.9 Å². The van der Waals surface area contributed by atoms with Gasteiger partial charge in [0.25, 0.3) is 5.91 Å². The molecule has 0 aliphatic carbocycles. The number of phenolic OH excluding ortho intramolecular Hbond substituents is 1. The molecule has 11 heteroatoms. The number of aromatic nitrogens is 1. The number of nitrogens with zero attached hydrogens (tertiary/aromatic N) is 3. The second-order valence-corrected chi connectivity index (χ2v) is 9.72. The van der Waals surface area contributed by atoms with E-state index in [4.69, 9.17) is 0 Å². The van der Waals surface area contributed by atoms with Crippen LogP contribution < -0.4 is 0 Å². The first kappa shape index (κ1) is 29.1. The van der Waals surface area contributed by atoms with E-state index < -0.39 is 41.0 Å². The molecule has 0 radical (unpaired) electrons. The third-order valence-electron chi connectivity index (χ3n) is 6.77. The number of carbonyl (C=O) groups excluding carboxylic acids is 1. The fraction of sp³-hybridized carbons (Fsp3) is 0.310. The van der Waals surface area contributed by atoms with E-state index in [1.807, 2.05) is 23.1 Å². The maximum atomic E-state index is 13.5. The van der Waals surface area contributed by atoms with Crippen LogP contribution in [0.2, 0.25) is 0 Å². The van der Waals surface area contributed by atoms with E-state index in [1.54, 1.807) is 43.6 Å². The normalized spacial score (nSPS) is 17.0. The predicted octanol–water partition coefficient (Wildman–Crippen LogP) is 6.22. The molecule has 1 aliphatic heterocycles.